The summed E-state index contributed by atoms with van der Waals surface area (Å²) in [6.45, 7) is 0. The predicted molar refractivity (Wildman–Crippen MR) is 84.3 cm³/mol. The molecule has 1 aliphatic heterocycles. The molecule has 1 heterocycles. The zero-order valence-corrected chi connectivity index (χ0v) is 12.3. The smallest absolute Gasteiger partial charge is 0.189 e. The maximum atomic E-state index is 13.4. The van der Waals surface area contributed by atoms with E-state index in [1.807, 2.05) is 30.3 Å². The van der Waals surface area contributed by atoms with Crippen LogP contribution in [0.1, 0.15) is 29.6 Å². The van der Waals surface area contributed by atoms with Crippen molar-refractivity contribution < 1.29 is 9.13 Å². The number of methoxy groups -OCH3 is 1. The number of nitrogens with two attached hydrogens (primary N) is 1. The molecule has 0 saturated heterocycles. The van der Waals surface area contributed by atoms with Gasteiger partial charge in [0.25, 0.3) is 0 Å². The molecule has 0 aromatic heterocycles. The van der Waals surface area contributed by atoms with Gasteiger partial charge in [0.2, 0.25) is 0 Å². The van der Waals surface area contributed by atoms with Crippen LogP contribution in [0.4, 0.5) is 4.39 Å². The third-order valence-electron chi connectivity index (χ3n) is 3.81. The van der Waals surface area contributed by atoms with Crippen LogP contribution in [0.15, 0.2) is 53.5 Å². The van der Waals surface area contributed by atoms with Gasteiger partial charge in [-0.1, -0.05) is 24.3 Å². The summed E-state index contributed by atoms with van der Waals surface area (Å²) in [5.41, 5.74) is 7.81. The first-order valence-electron chi connectivity index (χ1n) is 7.15. The van der Waals surface area contributed by atoms with E-state index in [1.165, 1.54) is 12.1 Å². The molecule has 114 valence electrons. The van der Waals surface area contributed by atoms with Gasteiger partial charge in [-0.25, -0.2) is 9.38 Å². The van der Waals surface area contributed by atoms with Gasteiger partial charge >= 0.3 is 0 Å². The highest BCUT2D eigenvalue weighted by atomic mass is 19.1. The summed E-state index contributed by atoms with van der Waals surface area (Å²) in [7, 11) is 1.64. The number of ether oxygens (including phenoxy) is 1. The van der Waals surface area contributed by atoms with Crippen molar-refractivity contribution in [2.75, 3.05) is 7.11 Å². The number of nitrogens with one attached hydrogen (secondary N) is 1. The Morgan fingerprint density at radius 3 is 2.73 bits per heavy atom. The number of halogens is 1. The lowest BCUT2D eigenvalue weighted by Crippen LogP contribution is -2.39. The molecule has 0 radical (unpaired) electrons. The maximum absolute atomic E-state index is 13.4. The zero-order chi connectivity index (χ0) is 15.5. The van der Waals surface area contributed by atoms with Gasteiger partial charge in [0.1, 0.15) is 11.6 Å². The number of nitrogens with zero attached hydrogens (tertiary/aromatic N) is 1. The molecule has 2 unspecified atom stereocenters. The predicted octanol–water partition coefficient (Wildman–Crippen LogP) is 2.92. The third kappa shape index (κ3) is 3.03. The molecule has 4 nitrogen and oxygen atoms in total. The van der Waals surface area contributed by atoms with Crippen LogP contribution in [0.2, 0.25) is 0 Å². The molecule has 0 amide bonds. The van der Waals surface area contributed by atoms with Gasteiger partial charge in [-0.2, -0.15) is 0 Å². The summed E-state index contributed by atoms with van der Waals surface area (Å²) in [5.74, 6) is 0.902. The molecule has 0 spiro atoms. The van der Waals surface area contributed by atoms with E-state index in [-0.39, 0.29) is 17.9 Å². The van der Waals surface area contributed by atoms with Crippen LogP contribution in [0.5, 0.6) is 5.75 Å². The fourth-order valence-corrected chi connectivity index (χ4v) is 2.72. The molecular formula is C17H18FN3O. The van der Waals surface area contributed by atoms with Crippen molar-refractivity contribution >= 4 is 5.96 Å². The van der Waals surface area contributed by atoms with E-state index in [2.05, 4.69) is 10.3 Å². The fraction of sp³-hybridized carbons (Fsp3) is 0.235. The molecule has 0 aliphatic carbocycles. The molecule has 3 rings (SSSR count). The van der Waals surface area contributed by atoms with Crippen LogP contribution in [-0.2, 0) is 0 Å². The second kappa shape index (κ2) is 6.05. The van der Waals surface area contributed by atoms with Crippen LogP contribution in [-0.4, -0.2) is 13.1 Å². The van der Waals surface area contributed by atoms with Gasteiger partial charge in [0.15, 0.2) is 5.96 Å². The van der Waals surface area contributed by atoms with E-state index < -0.39 is 0 Å². The van der Waals surface area contributed by atoms with Crippen molar-refractivity contribution in [3.63, 3.8) is 0 Å². The first-order valence-corrected chi connectivity index (χ1v) is 7.15. The summed E-state index contributed by atoms with van der Waals surface area (Å²) in [4.78, 5) is 4.40. The number of aliphatic imine (C=N–C) groups is 1. The standard InChI is InChI=1S/C17H18FN3O/c1-22-14-7-3-5-12(9-14)16-10-15(20-17(19)21-16)11-4-2-6-13(18)8-11/h2-9,15-16H,10H2,1H3,(H3,19,20,21). The summed E-state index contributed by atoms with van der Waals surface area (Å²) < 4.78 is 18.7. The summed E-state index contributed by atoms with van der Waals surface area (Å²) in [6, 6.07) is 14.2. The minimum atomic E-state index is -0.261. The van der Waals surface area contributed by atoms with Crippen LogP contribution in [0.25, 0.3) is 0 Å². The highest BCUT2D eigenvalue weighted by molar-refractivity contribution is 5.79. The molecule has 2 atom stereocenters. The molecule has 1 aliphatic rings. The third-order valence-corrected chi connectivity index (χ3v) is 3.81. The Morgan fingerprint density at radius 2 is 1.95 bits per heavy atom. The average molecular weight is 299 g/mol. The van der Waals surface area contributed by atoms with Gasteiger partial charge in [-0.05, 0) is 41.8 Å². The molecule has 0 fully saturated rings. The first kappa shape index (κ1) is 14.4. The zero-order valence-electron chi connectivity index (χ0n) is 12.3. The number of rotatable bonds is 3. The molecule has 3 N–H and O–H groups in total. The van der Waals surface area contributed by atoms with Gasteiger partial charge in [-0.15, -0.1) is 0 Å². The highest BCUT2D eigenvalue weighted by Crippen LogP contribution is 2.33. The van der Waals surface area contributed by atoms with Gasteiger partial charge < -0.3 is 15.8 Å². The van der Waals surface area contributed by atoms with Crippen LogP contribution < -0.4 is 15.8 Å². The Morgan fingerprint density at radius 1 is 1.18 bits per heavy atom. The van der Waals surface area contributed by atoms with Gasteiger partial charge in [0.05, 0.1) is 19.2 Å². The quantitative estimate of drug-likeness (QED) is 0.916. The lowest BCUT2D eigenvalue weighted by molar-refractivity contribution is 0.412. The normalized spacial score (nSPS) is 20.9. The van der Waals surface area contributed by atoms with Crippen molar-refractivity contribution in [2.45, 2.75) is 18.5 Å². The number of hydrogen-bond acceptors (Lipinski definition) is 4. The van der Waals surface area contributed by atoms with Crippen molar-refractivity contribution in [2.24, 2.45) is 10.7 Å². The molecule has 22 heavy (non-hydrogen) atoms. The second-order valence-electron chi connectivity index (χ2n) is 5.29. The summed E-state index contributed by atoms with van der Waals surface area (Å²) >= 11 is 0. The van der Waals surface area contributed by atoms with Crippen LogP contribution >= 0.6 is 0 Å². The molecule has 2 aromatic rings. The minimum Gasteiger partial charge on any atom is -0.497 e. The van der Waals surface area contributed by atoms with Crippen LogP contribution in [0, 0.1) is 5.82 Å². The largest absolute Gasteiger partial charge is 0.497 e. The van der Waals surface area contributed by atoms with Gasteiger partial charge in [0, 0.05) is 0 Å². The Bertz CT molecular complexity index is 702. The molecule has 5 heteroatoms. The van der Waals surface area contributed by atoms with E-state index in [0.717, 1.165) is 16.9 Å². The van der Waals surface area contributed by atoms with E-state index in [1.54, 1.807) is 13.2 Å². The van der Waals surface area contributed by atoms with Crippen LogP contribution in [0.3, 0.4) is 0 Å². The SMILES string of the molecule is COc1cccc(C2CC(c3cccc(F)c3)N=C(N)N2)c1. The monoisotopic (exact) mass is 299 g/mol. The number of benzene rings is 2. The Labute approximate surface area is 128 Å². The molecular weight excluding hydrogens is 281 g/mol. The van der Waals surface area contributed by atoms with Crippen molar-refractivity contribution in [3.05, 3.63) is 65.5 Å². The van der Waals surface area contributed by atoms with Gasteiger partial charge in [-0.3, -0.25) is 0 Å². The first-order chi connectivity index (χ1) is 10.7. The Hall–Kier alpha value is -2.56. The summed E-state index contributed by atoms with van der Waals surface area (Å²) in [6.07, 6.45) is 0.706. The summed E-state index contributed by atoms with van der Waals surface area (Å²) in [5, 5.41) is 3.18. The molecule has 2 aromatic carbocycles. The van der Waals surface area contributed by atoms with Crippen molar-refractivity contribution in [1.29, 1.82) is 0 Å². The van der Waals surface area contributed by atoms with Crippen molar-refractivity contribution in [3.8, 4) is 5.75 Å². The van der Waals surface area contributed by atoms with E-state index in [4.69, 9.17) is 10.5 Å². The topological polar surface area (TPSA) is 59.6 Å². The lowest BCUT2D eigenvalue weighted by atomic mass is 9.94. The maximum Gasteiger partial charge on any atom is 0.189 e. The van der Waals surface area contributed by atoms with Crippen molar-refractivity contribution in [1.82, 2.24) is 5.32 Å². The lowest BCUT2D eigenvalue weighted by Gasteiger charge is -2.29. The average Bonchev–Trinajstić information content (AvgIpc) is 2.54. The fourth-order valence-electron chi connectivity index (χ4n) is 2.72. The molecule has 0 bridgehead atoms. The Balaban J connectivity index is 1.88. The number of hydrogen-bond donors (Lipinski definition) is 2. The Kier molecular flexibility index (Phi) is 3.96. The minimum absolute atomic E-state index is 0.0147. The number of guanidine groups is 1. The van der Waals surface area contributed by atoms with E-state index >= 15 is 0 Å². The highest BCUT2D eigenvalue weighted by Gasteiger charge is 2.25. The molecule has 0 saturated carbocycles. The van der Waals surface area contributed by atoms with E-state index in [9.17, 15) is 4.39 Å². The second-order valence-corrected chi connectivity index (χ2v) is 5.29. The van der Waals surface area contributed by atoms with E-state index in [0.29, 0.717) is 12.4 Å².